The van der Waals surface area contributed by atoms with Crippen LogP contribution in [0.2, 0.25) is 0 Å². The van der Waals surface area contributed by atoms with Crippen molar-refractivity contribution in [1.82, 2.24) is 20.2 Å². The fraction of sp³-hybridized carbons (Fsp3) is 0.429. The molecule has 0 aliphatic heterocycles. The second kappa shape index (κ2) is 6.85. The van der Waals surface area contributed by atoms with Crippen LogP contribution in [-0.2, 0) is 4.79 Å². The summed E-state index contributed by atoms with van der Waals surface area (Å²) in [5, 5.41) is 14.0. The molecule has 1 amide bonds. The SMILES string of the molecule is Cl.NCC1(C(=O)Nc2cccc(-n3cnnn3)c2)CCCC1. The molecule has 1 aliphatic rings. The summed E-state index contributed by atoms with van der Waals surface area (Å²) in [5.41, 5.74) is 6.95. The summed E-state index contributed by atoms with van der Waals surface area (Å²) in [7, 11) is 0. The van der Waals surface area contributed by atoms with Crippen LogP contribution in [0.15, 0.2) is 30.6 Å². The minimum absolute atomic E-state index is 0. The third-order valence-electron chi connectivity index (χ3n) is 4.15. The van der Waals surface area contributed by atoms with Crippen LogP contribution < -0.4 is 11.1 Å². The molecule has 0 atom stereocenters. The second-order valence-electron chi connectivity index (χ2n) is 5.45. The Morgan fingerprint density at radius 3 is 2.77 bits per heavy atom. The van der Waals surface area contributed by atoms with Crippen LogP contribution in [0.5, 0.6) is 0 Å². The lowest BCUT2D eigenvalue weighted by atomic mass is 9.85. The molecule has 2 aromatic rings. The van der Waals surface area contributed by atoms with E-state index in [0.29, 0.717) is 6.54 Å². The van der Waals surface area contributed by atoms with Gasteiger partial charge in [0.15, 0.2) is 0 Å². The normalized spacial score (nSPS) is 16.0. The first-order valence-corrected chi connectivity index (χ1v) is 7.08. The molecule has 8 heteroatoms. The van der Waals surface area contributed by atoms with E-state index >= 15 is 0 Å². The van der Waals surface area contributed by atoms with Gasteiger partial charge in [0.05, 0.1) is 11.1 Å². The van der Waals surface area contributed by atoms with Crippen molar-refractivity contribution in [1.29, 1.82) is 0 Å². The fourth-order valence-corrected chi connectivity index (χ4v) is 2.85. The lowest BCUT2D eigenvalue weighted by Crippen LogP contribution is -2.40. The molecule has 118 valence electrons. The summed E-state index contributed by atoms with van der Waals surface area (Å²) < 4.78 is 1.55. The maximum absolute atomic E-state index is 12.5. The van der Waals surface area contributed by atoms with Crippen molar-refractivity contribution in [3.05, 3.63) is 30.6 Å². The largest absolute Gasteiger partial charge is 0.329 e. The molecule has 1 saturated carbocycles. The van der Waals surface area contributed by atoms with Crippen molar-refractivity contribution in [2.45, 2.75) is 25.7 Å². The molecule has 3 N–H and O–H groups in total. The van der Waals surface area contributed by atoms with Crippen LogP contribution in [0, 0.1) is 5.41 Å². The molecule has 0 bridgehead atoms. The van der Waals surface area contributed by atoms with Gasteiger partial charge in [-0.1, -0.05) is 18.9 Å². The van der Waals surface area contributed by atoms with Crippen LogP contribution in [0.3, 0.4) is 0 Å². The van der Waals surface area contributed by atoms with Crippen LogP contribution in [0.4, 0.5) is 5.69 Å². The molecule has 3 rings (SSSR count). The number of tetrazole rings is 1. The number of carbonyl (C=O) groups is 1. The number of hydrogen-bond acceptors (Lipinski definition) is 5. The van der Waals surface area contributed by atoms with Crippen molar-refractivity contribution in [3.63, 3.8) is 0 Å². The molecule has 22 heavy (non-hydrogen) atoms. The van der Waals surface area contributed by atoms with E-state index in [-0.39, 0.29) is 18.3 Å². The number of anilines is 1. The Labute approximate surface area is 134 Å². The number of benzene rings is 1. The summed E-state index contributed by atoms with van der Waals surface area (Å²) in [6.45, 7) is 0.394. The van der Waals surface area contributed by atoms with Gasteiger partial charge in [-0.05, 0) is 41.5 Å². The van der Waals surface area contributed by atoms with Crippen molar-refractivity contribution in [2.24, 2.45) is 11.1 Å². The van der Waals surface area contributed by atoms with Crippen LogP contribution in [-0.4, -0.2) is 32.7 Å². The first-order valence-electron chi connectivity index (χ1n) is 7.08. The van der Waals surface area contributed by atoms with Gasteiger partial charge in [0, 0.05) is 12.2 Å². The molecule has 1 fully saturated rings. The van der Waals surface area contributed by atoms with E-state index in [0.717, 1.165) is 37.1 Å². The first kappa shape index (κ1) is 16.4. The summed E-state index contributed by atoms with van der Waals surface area (Å²) in [5.74, 6) is 0.0105. The van der Waals surface area contributed by atoms with Gasteiger partial charge in [0.25, 0.3) is 0 Å². The number of aromatic nitrogens is 4. The monoisotopic (exact) mass is 322 g/mol. The van der Waals surface area contributed by atoms with E-state index in [2.05, 4.69) is 20.8 Å². The standard InChI is InChI=1S/C14H18N6O.ClH/c15-9-14(6-1-2-7-14)13(21)17-11-4-3-5-12(8-11)20-10-16-18-19-20;/h3-5,8,10H,1-2,6-7,9,15H2,(H,17,21);1H. The average Bonchev–Trinajstić information content (AvgIpc) is 3.20. The Hall–Kier alpha value is -1.99. The van der Waals surface area contributed by atoms with Gasteiger partial charge in [0.2, 0.25) is 5.91 Å². The van der Waals surface area contributed by atoms with Crippen molar-refractivity contribution in [3.8, 4) is 5.69 Å². The molecule has 0 saturated heterocycles. The van der Waals surface area contributed by atoms with E-state index in [1.54, 1.807) is 4.68 Å². The molecule has 1 heterocycles. The third kappa shape index (κ3) is 3.10. The van der Waals surface area contributed by atoms with Gasteiger partial charge in [-0.15, -0.1) is 17.5 Å². The maximum Gasteiger partial charge on any atom is 0.231 e. The molecule has 0 unspecified atom stereocenters. The summed E-state index contributed by atoms with van der Waals surface area (Å²) in [4.78, 5) is 12.5. The van der Waals surface area contributed by atoms with Gasteiger partial charge in [-0.25, -0.2) is 4.68 Å². The van der Waals surface area contributed by atoms with Gasteiger partial charge in [0.1, 0.15) is 6.33 Å². The van der Waals surface area contributed by atoms with E-state index in [4.69, 9.17) is 5.73 Å². The Morgan fingerprint density at radius 1 is 1.36 bits per heavy atom. The quantitative estimate of drug-likeness (QED) is 0.889. The predicted octanol–water partition coefficient (Wildman–Crippen LogP) is 1.54. The van der Waals surface area contributed by atoms with E-state index in [1.165, 1.54) is 6.33 Å². The van der Waals surface area contributed by atoms with Gasteiger partial charge < -0.3 is 11.1 Å². The molecule has 1 aromatic carbocycles. The zero-order chi connectivity index (χ0) is 14.7. The summed E-state index contributed by atoms with van der Waals surface area (Å²) in [6.07, 6.45) is 5.37. The number of nitrogens with one attached hydrogen (secondary N) is 1. The Bertz CT molecular complexity index is 624. The number of carbonyl (C=O) groups excluding carboxylic acids is 1. The first-order chi connectivity index (χ1) is 10.2. The number of nitrogens with two attached hydrogens (primary N) is 1. The maximum atomic E-state index is 12.5. The molecule has 1 aromatic heterocycles. The highest BCUT2D eigenvalue weighted by atomic mass is 35.5. The third-order valence-corrected chi connectivity index (χ3v) is 4.15. The lowest BCUT2D eigenvalue weighted by Gasteiger charge is -2.25. The smallest absolute Gasteiger partial charge is 0.231 e. The summed E-state index contributed by atoms with van der Waals surface area (Å²) >= 11 is 0. The van der Waals surface area contributed by atoms with Crippen molar-refractivity contribution >= 4 is 24.0 Å². The molecule has 7 nitrogen and oxygen atoms in total. The highest BCUT2D eigenvalue weighted by Gasteiger charge is 2.39. The average molecular weight is 323 g/mol. The zero-order valence-electron chi connectivity index (χ0n) is 12.1. The molecular weight excluding hydrogens is 304 g/mol. The topological polar surface area (TPSA) is 98.7 Å². The van der Waals surface area contributed by atoms with Crippen LogP contribution in [0.1, 0.15) is 25.7 Å². The molecule has 1 aliphatic carbocycles. The van der Waals surface area contributed by atoms with Crippen LogP contribution >= 0.6 is 12.4 Å². The summed E-state index contributed by atoms with van der Waals surface area (Å²) in [6, 6.07) is 7.43. The van der Waals surface area contributed by atoms with Crippen molar-refractivity contribution in [2.75, 3.05) is 11.9 Å². The highest BCUT2D eigenvalue weighted by molar-refractivity contribution is 5.95. The highest BCUT2D eigenvalue weighted by Crippen LogP contribution is 2.38. The minimum Gasteiger partial charge on any atom is -0.329 e. The molecular formula is C14H19ClN6O. The number of hydrogen-bond donors (Lipinski definition) is 2. The van der Waals surface area contributed by atoms with E-state index in [9.17, 15) is 4.79 Å². The minimum atomic E-state index is -0.412. The number of amides is 1. The zero-order valence-corrected chi connectivity index (χ0v) is 12.9. The Morgan fingerprint density at radius 2 is 2.14 bits per heavy atom. The van der Waals surface area contributed by atoms with Gasteiger partial charge in [-0.3, -0.25) is 4.79 Å². The fourth-order valence-electron chi connectivity index (χ4n) is 2.85. The predicted molar refractivity (Wildman–Crippen MR) is 85.0 cm³/mol. The molecule has 0 radical (unpaired) electrons. The Kier molecular flexibility index (Phi) is 5.10. The Balaban J connectivity index is 0.00000176. The van der Waals surface area contributed by atoms with Gasteiger partial charge >= 0.3 is 0 Å². The lowest BCUT2D eigenvalue weighted by molar-refractivity contribution is -0.124. The second-order valence-corrected chi connectivity index (χ2v) is 5.45. The number of halogens is 1. The van der Waals surface area contributed by atoms with E-state index in [1.807, 2.05) is 24.3 Å². The van der Waals surface area contributed by atoms with E-state index < -0.39 is 5.41 Å². The van der Waals surface area contributed by atoms with Crippen molar-refractivity contribution < 1.29 is 4.79 Å². The van der Waals surface area contributed by atoms with Gasteiger partial charge in [-0.2, -0.15) is 0 Å². The number of nitrogens with zero attached hydrogens (tertiary/aromatic N) is 4. The number of rotatable bonds is 4. The van der Waals surface area contributed by atoms with Crippen LogP contribution in [0.25, 0.3) is 5.69 Å². The molecule has 0 spiro atoms.